The van der Waals surface area contributed by atoms with Crippen molar-refractivity contribution >= 4 is 29.0 Å². The van der Waals surface area contributed by atoms with E-state index in [2.05, 4.69) is 36.5 Å². The fraction of sp³-hybridized carbons (Fsp3) is 0.194. The summed E-state index contributed by atoms with van der Waals surface area (Å²) in [6, 6.07) is 32.0. The number of anilines is 2. The van der Waals surface area contributed by atoms with Crippen LogP contribution in [0.25, 0.3) is 0 Å². The normalized spacial score (nSPS) is 18.0. The van der Waals surface area contributed by atoms with Gasteiger partial charge < -0.3 is 10.1 Å². The van der Waals surface area contributed by atoms with Crippen molar-refractivity contribution in [3.05, 3.63) is 142 Å². The molecule has 0 spiro atoms. The van der Waals surface area contributed by atoms with Crippen molar-refractivity contribution in [3.63, 3.8) is 0 Å². The largest absolute Gasteiger partial charge is 0.465 e. The summed E-state index contributed by atoms with van der Waals surface area (Å²) in [5.41, 5.74) is 7.22. The number of carbonyl (C=O) groups is 3. The minimum absolute atomic E-state index is 0.00156. The highest BCUT2D eigenvalue weighted by molar-refractivity contribution is 6.07. The van der Waals surface area contributed by atoms with Crippen LogP contribution >= 0.6 is 0 Å². The summed E-state index contributed by atoms with van der Waals surface area (Å²) >= 11 is 0. The van der Waals surface area contributed by atoms with Gasteiger partial charge in [0, 0.05) is 17.7 Å². The molecule has 0 fully saturated rings. The van der Waals surface area contributed by atoms with Gasteiger partial charge in [0.15, 0.2) is 5.78 Å². The van der Waals surface area contributed by atoms with Gasteiger partial charge in [-0.1, -0.05) is 84.4 Å². The van der Waals surface area contributed by atoms with Gasteiger partial charge in [-0.05, 0) is 60.2 Å². The number of methoxy groups -OCH3 is 1. The molecule has 4 aromatic carbocycles. The highest BCUT2D eigenvalue weighted by atomic mass is 16.5. The number of nitrogens with zero attached hydrogens (tertiary/aromatic N) is 1. The van der Waals surface area contributed by atoms with Crippen LogP contribution in [0.15, 0.2) is 114 Å². The summed E-state index contributed by atoms with van der Waals surface area (Å²) < 4.78 is 4.90. The summed E-state index contributed by atoms with van der Waals surface area (Å²) in [6.45, 7) is 2.05. The minimum Gasteiger partial charge on any atom is -0.465 e. The Morgan fingerprint density at radius 1 is 0.833 bits per heavy atom. The van der Waals surface area contributed by atoms with Crippen LogP contribution in [0.3, 0.4) is 0 Å². The Hall–Kier alpha value is -4.97. The molecule has 1 aliphatic heterocycles. The van der Waals surface area contributed by atoms with Gasteiger partial charge in [-0.25, -0.2) is 4.79 Å². The quantitative estimate of drug-likeness (QED) is 0.270. The molecule has 6 heteroatoms. The summed E-state index contributed by atoms with van der Waals surface area (Å²) in [5, 5.41) is 3.58. The summed E-state index contributed by atoms with van der Waals surface area (Å²) in [5.74, 6) is -0.548. The van der Waals surface area contributed by atoms with E-state index in [-0.39, 0.29) is 24.0 Å². The SMILES string of the molecule is COC(=O)c1ccc([C@H]2C3=C(C[C@H](c4ccc(C)cc4)CC3=O)Nc3ccccc3N2C(=O)Cc2ccccc2)cc1. The van der Waals surface area contributed by atoms with Crippen LogP contribution in [-0.4, -0.2) is 24.8 Å². The van der Waals surface area contributed by atoms with Gasteiger partial charge in [-0.15, -0.1) is 0 Å². The number of benzene rings is 4. The van der Waals surface area contributed by atoms with Crippen LogP contribution < -0.4 is 10.2 Å². The maximum Gasteiger partial charge on any atom is 0.337 e. The summed E-state index contributed by atoms with van der Waals surface area (Å²) in [4.78, 5) is 42.4. The second-order valence-corrected chi connectivity index (χ2v) is 10.9. The van der Waals surface area contributed by atoms with E-state index in [1.165, 1.54) is 12.7 Å². The Balaban J connectivity index is 1.51. The Morgan fingerprint density at radius 2 is 1.50 bits per heavy atom. The first-order valence-electron chi connectivity index (χ1n) is 14.2. The van der Waals surface area contributed by atoms with Gasteiger partial charge in [-0.3, -0.25) is 14.5 Å². The zero-order valence-corrected chi connectivity index (χ0v) is 23.7. The maximum atomic E-state index is 14.3. The first-order valence-corrected chi connectivity index (χ1v) is 14.2. The molecule has 6 nitrogen and oxygen atoms in total. The monoisotopic (exact) mass is 556 g/mol. The lowest BCUT2D eigenvalue weighted by Gasteiger charge is -2.35. The second-order valence-electron chi connectivity index (χ2n) is 10.9. The Morgan fingerprint density at radius 3 is 2.21 bits per heavy atom. The molecule has 1 heterocycles. The predicted molar refractivity (Wildman–Crippen MR) is 163 cm³/mol. The molecule has 1 aliphatic carbocycles. The zero-order chi connectivity index (χ0) is 29.2. The number of ether oxygens (including phenoxy) is 1. The van der Waals surface area contributed by atoms with E-state index in [0.29, 0.717) is 29.7 Å². The molecule has 0 saturated heterocycles. The van der Waals surface area contributed by atoms with Crippen molar-refractivity contribution in [3.8, 4) is 0 Å². The van der Waals surface area contributed by atoms with E-state index in [0.717, 1.165) is 28.1 Å². The highest BCUT2D eigenvalue weighted by Gasteiger charge is 2.41. The molecule has 42 heavy (non-hydrogen) atoms. The molecule has 0 radical (unpaired) electrons. The third kappa shape index (κ3) is 5.23. The number of Topliss-reactive ketones (excluding diaryl/α,β-unsaturated/α-hetero) is 1. The molecule has 1 amide bonds. The second kappa shape index (κ2) is 11.5. The van der Waals surface area contributed by atoms with Gasteiger partial charge in [-0.2, -0.15) is 0 Å². The Bertz CT molecular complexity index is 1670. The van der Waals surface area contributed by atoms with Gasteiger partial charge in [0.25, 0.3) is 0 Å². The Kier molecular flexibility index (Phi) is 7.44. The topological polar surface area (TPSA) is 75.7 Å². The van der Waals surface area contributed by atoms with Gasteiger partial charge in [0.2, 0.25) is 5.91 Å². The number of nitrogens with one attached hydrogen (secondary N) is 1. The van der Waals surface area contributed by atoms with Crippen molar-refractivity contribution < 1.29 is 19.1 Å². The third-order valence-electron chi connectivity index (χ3n) is 8.15. The summed E-state index contributed by atoms with van der Waals surface area (Å²) in [7, 11) is 1.34. The highest BCUT2D eigenvalue weighted by Crippen LogP contribution is 2.47. The molecule has 0 saturated carbocycles. The lowest BCUT2D eigenvalue weighted by Crippen LogP contribution is -2.39. The van der Waals surface area contributed by atoms with Crippen molar-refractivity contribution in [1.29, 1.82) is 0 Å². The lowest BCUT2D eigenvalue weighted by molar-refractivity contribution is -0.118. The van der Waals surface area contributed by atoms with Crippen LogP contribution in [-0.2, 0) is 20.7 Å². The molecule has 0 bridgehead atoms. The van der Waals surface area contributed by atoms with Crippen LogP contribution in [0.1, 0.15) is 57.4 Å². The maximum absolute atomic E-state index is 14.3. The van der Waals surface area contributed by atoms with Crippen molar-refractivity contribution in [2.45, 2.75) is 38.1 Å². The number of rotatable bonds is 5. The number of aryl methyl sites for hydroxylation is 1. The first kappa shape index (κ1) is 27.2. The number of hydrogen-bond acceptors (Lipinski definition) is 5. The predicted octanol–water partition coefficient (Wildman–Crippen LogP) is 6.92. The van der Waals surface area contributed by atoms with Crippen LogP contribution in [0.2, 0.25) is 0 Å². The van der Waals surface area contributed by atoms with E-state index in [9.17, 15) is 14.4 Å². The smallest absolute Gasteiger partial charge is 0.337 e. The fourth-order valence-corrected chi connectivity index (χ4v) is 6.03. The van der Waals surface area contributed by atoms with Crippen LogP contribution in [0.4, 0.5) is 11.4 Å². The number of hydrogen-bond donors (Lipinski definition) is 1. The zero-order valence-electron chi connectivity index (χ0n) is 23.7. The molecule has 4 aromatic rings. The van der Waals surface area contributed by atoms with Crippen molar-refractivity contribution in [2.75, 3.05) is 17.3 Å². The number of ketones is 1. The summed E-state index contributed by atoms with van der Waals surface area (Å²) in [6.07, 6.45) is 1.15. The number of carbonyl (C=O) groups excluding carboxylic acids is 3. The van der Waals surface area contributed by atoms with Crippen LogP contribution in [0.5, 0.6) is 0 Å². The molecule has 2 aliphatic rings. The van der Waals surface area contributed by atoms with Crippen LogP contribution in [0, 0.1) is 6.92 Å². The average molecular weight is 557 g/mol. The minimum atomic E-state index is -0.675. The van der Waals surface area contributed by atoms with E-state index < -0.39 is 12.0 Å². The third-order valence-corrected chi connectivity index (χ3v) is 8.15. The van der Waals surface area contributed by atoms with E-state index in [1.54, 1.807) is 17.0 Å². The van der Waals surface area contributed by atoms with Gasteiger partial charge in [0.05, 0.1) is 36.5 Å². The standard InChI is InChI=1S/C36H32N2O4/c1-23-12-14-25(15-13-23)28-21-30-34(32(39)22-28)35(26-16-18-27(19-17-26)36(41)42-2)38(31-11-7-6-10-29(31)37-30)33(40)20-24-8-4-3-5-9-24/h3-19,28,35,37H,20-22H2,1-2H3/t28-,35-/m0/s1. The molecular weight excluding hydrogens is 524 g/mol. The molecule has 2 atom stereocenters. The van der Waals surface area contributed by atoms with E-state index >= 15 is 0 Å². The molecule has 1 N–H and O–H groups in total. The number of esters is 1. The lowest BCUT2D eigenvalue weighted by atomic mass is 9.78. The number of para-hydroxylation sites is 2. The Labute approximate surface area is 245 Å². The van der Waals surface area contributed by atoms with E-state index in [4.69, 9.17) is 4.74 Å². The molecular formula is C36H32N2O4. The molecule has 210 valence electrons. The van der Waals surface area contributed by atoms with Crippen molar-refractivity contribution in [1.82, 2.24) is 0 Å². The van der Waals surface area contributed by atoms with Gasteiger partial charge in [0.1, 0.15) is 0 Å². The molecule has 6 rings (SSSR count). The number of fused-ring (bicyclic) bond motifs is 1. The number of amides is 1. The average Bonchev–Trinajstić information content (AvgIpc) is 3.16. The van der Waals surface area contributed by atoms with Crippen molar-refractivity contribution in [2.24, 2.45) is 0 Å². The van der Waals surface area contributed by atoms with E-state index in [1.807, 2.05) is 66.7 Å². The first-order chi connectivity index (χ1) is 20.4. The molecule has 0 aromatic heterocycles. The molecule has 0 unspecified atom stereocenters. The van der Waals surface area contributed by atoms with Gasteiger partial charge >= 0.3 is 5.97 Å². The number of allylic oxidation sites excluding steroid dienone is 1. The fourth-order valence-electron chi connectivity index (χ4n) is 6.03.